The molecule has 0 radical (unpaired) electrons. The van der Waals surface area contributed by atoms with Crippen LogP contribution in [0.5, 0.6) is 0 Å². The van der Waals surface area contributed by atoms with Crippen molar-refractivity contribution in [1.29, 1.82) is 0 Å². The molecule has 1 amide bonds. The number of nitrogens with one attached hydrogen (secondary N) is 1. The van der Waals surface area contributed by atoms with Crippen LogP contribution in [-0.4, -0.2) is 28.3 Å². The number of hydrogen-bond donors (Lipinski definition) is 2. The number of carbonyl (C=O) groups is 1. The summed E-state index contributed by atoms with van der Waals surface area (Å²) in [4.78, 5) is 24.8. The molecule has 1 atom stereocenters. The molecule has 1 aromatic carbocycles. The Morgan fingerprint density at radius 1 is 1.28 bits per heavy atom. The molecule has 1 aliphatic carbocycles. The molecular weight excluding hydrogens is 340 g/mol. The number of amides is 1. The van der Waals surface area contributed by atoms with Crippen LogP contribution in [0, 0.1) is 5.92 Å². The van der Waals surface area contributed by atoms with Crippen LogP contribution < -0.4 is 16.6 Å². The molecule has 1 aliphatic rings. The normalized spacial score (nSPS) is 16.2. The van der Waals surface area contributed by atoms with E-state index in [1.165, 1.54) is 23.9 Å². The molecule has 0 saturated heterocycles. The van der Waals surface area contributed by atoms with Crippen LogP contribution in [0.4, 0.5) is 0 Å². The number of hydrogen-bond acceptors (Lipinski definition) is 4. The zero-order valence-corrected chi connectivity index (χ0v) is 15.0. The lowest BCUT2D eigenvalue weighted by Gasteiger charge is -2.30. The lowest BCUT2D eigenvalue weighted by atomic mass is 9.84. The molecule has 6 nitrogen and oxygen atoms in total. The quantitative estimate of drug-likeness (QED) is 0.847. The molecule has 2 aromatic rings. The van der Waals surface area contributed by atoms with Gasteiger partial charge in [-0.3, -0.25) is 9.59 Å². The molecule has 136 valence electrons. The number of fused-ring (bicyclic) bond motifs is 1. The number of carbonyl (C=O) groups excluding carboxylic acids is 1. The van der Waals surface area contributed by atoms with Gasteiger partial charge in [0.15, 0.2) is 0 Å². The molecule has 1 aromatic heterocycles. The van der Waals surface area contributed by atoms with E-state index >= 15 is 0 Å². The molecule has 0 bridgehead atoms. The summed E-state index contributed by atoms with van der Waals surface area (Å²) in [7, 11) is 0. The first-order valence-corrected chi connectivity index (χ1v) is 8.63. The van der Waals surface area contributed by atoms with E-state index in [0.29, 0.717) is 17.8 Å². The predicted octanol–water partition coefficient (Wildman–Crippen LogP) is 1.84. The van der Waals surface area contributed by atoms with E-state index < -0.39 is 0 Å². The Labute approximate surface area is 153 Å². The van der Waals surface area contributed by atoms with Crippen molar-refractivity contribution < 1.29 is 4.79 Å². The standard InChI is InChI=1S/C18H24N4O2.ClH/c19-10-16(13-6-2-1-3-7-13)21-17(23)12-22-18(24)15-9-5-4-8-14(15)11-20-22;/h4-5,8-9,11,13,16H,1-3,6-7,10,12,19H2,(H,21,23);1H. The number of nitrogens with zero attached hydrogens (tertiary/aromatic N) is 2. The van der Waals surface area contributed by atoms with Gasteiger partial charge in [-0.05, 0) is 24.8 Å². The molecule has 0 aliphatic heterocycles. The highest BCUT2D eigenvalue weighted by Gasteiger charge is 2.24. The second-order valence-corrected chi connectivity index (χ2v) is 6.50. The maximum Gasteiger partial charge on any atom is 0.275 e. The van der Waals surface area contributed by atoms with Crippen LogP contribution in [0.2, 0.25) is 0 Å². The van der Waals surface area contributed by atoms with Crippen LogP contribution in [0.3, 0.4) is 0 Å². The Morgan fingerprint density at radius 3 is 2.72 bits per heavy atom. The zero-order valence-electron chi connectivity index (χ0n) is 14.2. The van der Waals surface area contributed by atoms with E-state index in [1.807, 2.05) is 18.2 Å². The summed E-state index contributed by atoms with van der Waals surface area (Å²) >= 11 is 0. The van der Waals surface area contributed by atoms with E-state index in [4.69, 9.17) is 5.73 Å². The van der Waals surface area contributed by atoms with Gasteiger partial charge in [-0.25, -0.2) is 4.68 Å². The molecule has 1 fully saturated rings. The molecule has 0 spiro atoms. The largest absolute Gasteiger partial charge is 0.350 e. The van der Waals surface area contributed by atoms with Crippen LogP contribution >= 0.6 is 12.4 Å². The van der Waals surface area contributed by atoms with Gasteiger partial charge in [0.05, 0.1) is 11.6 Å². The van der Waals surface area contributed by atoms with E-state index in [9.17, 15) is 9.59 Å². The molecule has 3 rings (SSSR count). The molecular formula is C18H25ClN4O2. The van der Waals surface area contributed by atoms with Crippen LogP contribution in [0.25, 0.3) is 10.8 Å². The Balaban J connectivity index is 0.00000225. The second-order valence-electron chi connectivity index (χ2n) is 6.50. The van der Waals surface area contributed by atoms with Crippen molar-refractivity contribution in [2.75, 3.05) is 6.54 Å². The number of aromatic nitrogens is 2. The topological polar surface area (TPSA) is 90.0 Å². The number of nitrogens with two attached hydrogens (primary N) is 1. The van der Waals surface area contributed by atoms with Crippen molar-refractivity contribution in [1.82, 2.24) is 15.1 Å². The first-order valence-electron chi connectivity index (χ1n) is 8.63. The summed E-state index contributed by atoms with van der Waals surface area (Å²) in [6.07, 6.45) is 7.49. The minimum atomic E-state index is -0.245. The highest BCUT2D eigenvalue weighted by Crippen LogP contribution is 2.26. The maximum absolute atomic E-state index is 12.4. The van der Waals surface area contributed by atoms with Crippen LogP contribution in [-0.2, 0) is 11.3 Å². The SMILES string of the molecule is Cl.NCC(NC(=O)Cn1ncc2ccccc2c1=O)C1CCCCC1. The van der Waals surface area contributed by atoms with Crippen molar-refractivity contribution in [3.05, 3.63) is 40.8 Å². The summed E-state index contributed by atoms with van der Waals surface area (Å²) < 4.78 is 1.21. The lowest BCUT2D eigenvalue weighted by Crippen LogP contribution is -2.47. The molecule has 25 heavy (non-hydrogen) atoms. The number of halogens is 1. The smallest absolute Gasteiger partial charge is 0.275 e. The summed E-state index contributed by atoms with van der Waals surface area (Å²) in [6.45, 7) is 0.351. The third-order valence-corrected chi connectivity index (χ3v) is 4.87. The predicted molar refractivity (Wildman–Crippen MR) is 101 cm³/mol. The van der Waals surface area contributed by atoms with Gasteiger partial charge in [-0.2, -0.15) is 5.10 Å². The maximum atomic E-state index is 12.4. The van der Waals surface area contributed by atoms with Gasteiger partial charge in [0.1, 0.15) is 6.54 Å². The summed E-state index contributed by atoms with van der Waals surface area (Å²) in [5, 5.41) is 8.45. The minimum Gasteiger partial charge on any atom is -0.350 e. The lowest BCUT2D eigenvalue weighted by molar-refractivity contribution is -0.123. The first-order chi connectivity index (χ1) is 11.7. The van der Waals surface area contributed by atoms with Gasteiger partial charge in [0.2, 0.25) is 5.91 Å². The van der Waals surface area contributed by atoms with Gasteiger partial charge in [-0.1, -0.05) is 37.5 Å². The fourth-order valence-corrected chi connectivity index (χ4v) is 3.53. The van der Waals surface area contributed by atoms with Crippen molar-refractivity contribution in [2.24, 2.45) is 11.7 Å². The van der Waals surface area contributed by atoms with E-state index in [1.54, 1.807) is 12.3 Å². The van der Waals surface area contributed by atoms with E-state index in [0.717, 1.165) is 18.2 Å². The van der Waals surface area contributed by atoms with Crippen molar-refractivity contribution in [2.45, 2.75) is 44.7 Å². The first kappa shape index (κ1) is 19.4. The van der Waals surface area contributed by atoms with Crippen molar-refractivity contribution in [3.8, 4) is 0 Å². The monoisotopic (exact) mass is 364 g/mol. The highest BCUT2D eigenvalue weighted by molar-refractivity contribution is 5.85. The van der Waals surface area contributed by atoms with Crippen molar-refractivity contribution in [3.63, 3.8) is 0 Å². The molecule has 1 heterocycles. The summed E-state index contributed by atoms with van der Waals surface area (Å²) in [5.41, 5.74) is 5.61. The zero-order chi connectivity index (χ0) is 16.9. The molecule has 3 N–H and O–H groups in total. The van der Waals surface area contributed by atoms with Gasteiger partial charge in [0, 0.05) is 18.0 Å². The summed E-state index contributed by atoms with van der Waals surface area (Å²) in [5.74, 6) is 0.231. The van der Waals surface area contributed by atoms with Crippen LogP contribution in [0.15, 0.2) is 35.3 Å². The summed E-state index contributed by atoms with van der Waals surface area (Å²) in [6, 6.07) is 7.23. The second kappa shape index (κ2) is 8.97. The average molecular weight is 365 g/mol. The van der Waals surface area contributed by atoms with E-state index in [2.05, 4.69) is 10.4 Å². The number of benzene rings is 1. The Bertz CT molecular complexity index is 771. The van der Waals surface area contributed by atoms with Gasteiger partial charge in [-0.15, -0.1) is 12.4 Å². The van der Waals surface area contributed by atoms with Crippen molar-refractivity contribution >= 4 is 29.1 Å². The third-order valence-electron chi connectivity index (χ3n) is 4.87. The Morgan fingerprint density at radius 2 is 2.00 bits per heavy atom. The fraction of sp³-hybridized carbons (Fsp3) is 0.500. The Kier molecular flexibility index (Phi) is 6.96. The third kappa shape index (κ3) is 4.58. The highest BCUT2D eigenvalue weighted by atomic mass is 35.5. The molecule has 1 saturated carbocycles. The van der Waals surface area contributed by atoms with Gasteiger partial charge in [0.25, 0.3) is 5.56 Å². The molecule has 7 heteroatoms. The molecule has 1 unspecified atom stereocenters. The van der Waals surface area contributed by atoms with Gasteiger partial charge >= 0.3 is 0 Å². The van der Waals surface area contributed by atoms with Gasteiger partial charge < -0.3 is 11.1 Å². The van der Waals surface area contributed by atoms with Crippen LogP contribution in [0.1, 0.15) is 32.1 Å². The Hall–Kier alpha value is -1.92. The average Bonchev–Trinajstić information content (AvgIpc) is 2.63. The fourth-order valence-electron chi connectivity index (χ4n) is 3.53. The minimum absolute atomic E-state index is 0. The number of rotatable bonds is 5. The van der Waals surface area contributed by atoms with E-state index in [-0.39, 0.29) is 36.5 Å².